The summed E-state index contributed by atoms with van der Waals surface area (Å²) in [6.45, 7) is 7.91. The van der Waals surface area contributed by atoms with Crippen LogP contribution in [0, 0.1) is 6.92 Å². The summed E-state index contributed by atoms with van der Waals surface area (Å²) in [5.41, 5.74) is 5.59. The third-order valence-corrected chi connectivity index (χ3v) is 6.82. The number of hydrogen-bond acceptors (Lipinski definition) is 0. The molecule has 0 radical (unpaired) electrons. The molecule has 4 aromatic rings. The maximum atomic E-state index is 2.67. The predicted molar refractivity (Wildman–Crippen MR) is 113 cm³/mol. The molecule has 136 valence electrons. The highest BCUT2D eigenvalue weighted by Gasteiger charge is 2.46. The topological polar surface area (TPSA) is 13.7 Å². The van der Waals surface area contributed by atoms with Gasteiger partial charge in [-0.05, 0) is 18.6 Å². The van der Waals surface area contributed by atoms with E-state index in [9.17, 15) is 0 Å². The van der Waals surface area contributed by atoms with Gasteiger partial charge in [0.05, 0.1) is 0 Å². The van der Waals surface area contributed by atoms with Gasteiger partial charge in [0.2, 0.25) is 6.28 Å². The van der Waals surface area contributed by atoms with E-state index in [-0.39, 0.29) is 0 Å². The summed E-state index contributed by atoms with van der Waals surface area (Å²) in [5.74, 6) is 1.36. The van der Waals surface area contributed by atoms with Crippen LogP contribution in [0.2, 0.25) is 12.6 Å². The van der Waals surface area contributed by atoms with Crippen molar-refractivity contribution < 1.29 is 4.57 Å². The molecule has 0 atom stereocenters. The summed E-state index contributed by atoms with van der Waals surface area (Å²) in [4.78, 5) is 0. The normalized spacial score (nSPS) is 14.5. The van der Waals surface area contributed by atoms with Crippen molar-refractivity contribution >= 4 is 22.9 Å². The third kappa shape index (κ3) is 2.07. The number of hydrogen-bond donors (Lipinski definition) is 0. The molecule has 1 aliphatic heterocycles. The van der Waals surface area contributed by atoms with Crippen LogP contribution < -0.4 is 10.3 Å². The van der Waals surface area contributed by atoms with E-state index in [1.165, 1.54) is 33.6 Å². The third-order valence-electron chi connectivity index (χ3n) is 6.82. The largest absolute Gasteiger partial charge is 0.472 e. The quantitative estimate of drug-likeness (QED) is 0.386. The molecular weight excluding hydrogens is 329 g/mol. The Kier molecular flexibility index (Phi) is 3.58. The van der Waals surface area contributed by atoms with Gasteiger partial charge in [0.1, 0.15) is 24.7 Å². The van der Waals surface area contributed by atoms with Crippen molar-refractivity contribution in [3.8, 4) is 5.82 Å². The van der Waals surface area contributed by atoms with E-state index >= 15 is 0 Å². The van der Waals surface area contributed by atoms with Crippen molar-refractivity contribution in [2.24, 2.45) is 0 Å². The zero-order valence-corrected chi connectivity index (χ0v) is 16.4. The highest BCUT2D eigenvalue weighted by molar-refractivity contribution is 6.90. The average Bonchev–Trinajstić information content (AvgIpc) is 3.34. The molecule has 2 aromatic heterocycles. The standard InChI is InChI=1S/C23H26BN3/c1-4-24(5-2)23-25(17-19-11-7-6-8-12-19)15-16-26(23)22-18(3)20-13-9-10-14-21(20)27(22)24/h6-16H,4-5,17H2,1-3H3. The van der Waals surface area contributed by atoms with Crippen molar-refractivity contribution in [3.63, 3.8) is 0 Å². The van der Waals surface area contributed by atoms with Gasteiger partial charge >= 0.3 is 0 Å². The lowest BCUT2D eigenvalue weighted by Crippen LogP contribution is -2.65. The molecule has 5 rings (SSSR count). The molecule has 27 heavy (non-hydrogen) atoms. The minimum absolute atomic E-state index is 0.848. The van der Waals surface area contributed by atoms with Gasteiger partial charge in [0.15, 0.2) is 5.82 Å². The monoisotopic (exact) mass is 355 g/mol. The molecule has 3 heterocycles. The van der Waals surface area contributed by atoms with Gasteiger partial charge in [0.25, 0.3) is 0 Å². The molecule has 0 amide bonds. The van der Waals surface area contributed by atoms with E-state index in [4.69, 9.17) is 0 Å². The first-order chi connectivity index (χ1) is 13.2. The molecule has 0 N–H and O–H groups in total. The lowest BCUT2D eigenvalue weighted by atomic mass is 9.31. The summed E-state index contributed by atoms with van der Waals surface area (Å²) in [5, 5.41) is 1.38. The van der Waals surface area contributed by atoms with Crippen molar-refractivity contribution in [2.75, 3.05) is 0 Å². The van der Waals surface area contributed by atoms with Gasteiger partial charge in [-0.3, -0.25) is 4.57 Å². The summed E-state index contributed by atoms with van der Waals surface area (Å²) < 4.78 is 7.61. The van der Waals surface area contributed by atoms with Crippen LogP contribution in [0.5, 0.6) is 0 Å². The summed E-state index contributed by atoms with van der Waals surface area (Å²) in [6, 6.07) is 19.7. The first-order valence-corrected chi connectivity index (χ1v) is 10.2. The molecular formula is C23H26BN3. The van der Waals surface area contributed by atoms with Gasteiger partial charge in [0, 0.05) is 16.5 Å². The number of fused-ring (bicyclic) bond motifs is 5. The summed E-state index contributed by atoms with van der Waals surface area (Å²) in [7, 11) is 0. The minimum atomic E-state index is -0.848. The second-order valence-electron chi connectivity index (χ2n) is 7.98. The predicted octanol–water partition coefficient (Wildman–Crippen LogP) is 4.13. The Balaban J connectivity index is 1.79. The second-order valence-corrected chi connectivity index (χ2v) is 7.98. The molecule has 0 spiro atoms. The van der Waals surface area contributed by atoms with Crippen LogP contribution in [0.3, 0.4) is 0 Å². The van der Waals surface area contributed by atoms with Crippen molar-refractivity contribution in [1.29, 1.82) is 0 Å². The molecule has 1 aliphatic rings. The van der Waals surface area contributed by atoms with Crippen LogP contribution >= 0.6 is 0 Å². The smallest absolute Gasteiger partial charge is 0.217 e. The first kappa shape index (κ1) is 16.4. The number of para-hydroxylation sites is 1. The molecule has 4 heteroatoms. The van der Waals surface area contributed by atoms with Crippen molar-refractivity contribution in [2.45, 2.75) is 40.0 Å². The Bertz CT molecular complexity index is 1130. The molecule has 0 bridgehead atoms. The zero-order chi connectivity index (χ0) is 18.6. The van der Waals surface area contributed by atoms with Crippen LogP contribution in [0.15, 0.2) is 67.0 Å². The van der Waals surface area contributed by atoms with Gasteiger partial charge in [-0.2, -0.15) is 12.6 Å². The van der Waals surface area contributed by atoms with Crippen LogP contribution in [0.1, 0.15) is 25.0 Å². The number of rotatable bonds is 4. The van der Waals surface area contributed by atoms with Gasteiger partial charge < -0.3 is 4.48 Å². The van der Waals surface area contributed by atoms with E-state index < -0.39 is 6.28 Å². The Morgan fingerprint density at radius 3 is 2.37 bits per heavy atom. The average molecular weight is 355 g/mol. The van der Waals surface area contributed by atoms with Crippen molar-refractivity contribution in [3.05, 3.63) is 78.1 Å². The first-order valence-electron chi connectivity index (χ1n) is 10.2. The van der Waals surface area contributed by atoms with E-state index in [1.807, 2.05) is 0 Å². The lowest BCUT2D eigenvalue weighted by Gasteiger charge is -2.33. The molecule has 2 aromatic carbocycles. The van der Waals surface area contributed by atoms with Gasteiger partial charge in [-0.1, -0.05) is 62.4 Å². The maximum Gasteiger partial charge on any atom is 0.217 e. The maximum absolute atomic E-state index is 2.67. The Hall–Kier alpha value is -2.75. The van der Waals surface area contributed by atoms with Crippen LogP contribution in [0.25, 0.3) is 16.7 Å². The van der Waals surface area contributed by atoms with E-state index in [1.54, 1.807) is 0 Å². The Morgan fingerprint density at radius 2 is 1.63 bits per heavy atom. The summed E-state index contributed by atoms with van der Waals surface area (Å²) >= 11 is 0. The van der Waals surface area contributed by atoms with Crippen LogP contribution in [-0.4, -0.2) is 15.3 Å². The van der Waals surface area contributed by atoms with Crippen LogP contribution in [-0.2, 0) is 6.54 Å². The van der Waals surface area contributed by atoms with E-state index in [0.717, 1.165) is 19.2 Å². The van der Waals surface area contributed by atoms with Crippen LogP contribution in [0.4, 0.5) is 0 Å². The molecule has 3 nitrogen and oxygen atoms in total. The Morgan fingerprint density at radius 1 is 0.926 bits per heavy atom. The lowest BCUT2D eigenvalue weighted by molar-refractivity contribution is -0.670. The number of aryl methyl sites for hydroxylation is 1. The summed E-state index contributed by atoms with van der Waals surface area (Å²) in [6.07, 6.45) is 5.97. The van der Waals surface area contributed by atoms with Crippen molar-refractivity contribution in [1.82, 2.24) is 9.05 Å². The zero-order valence-electron chi connectivity index (χ0n) is 16.4. The molecule has 0 saturated carbocycles. The van der Waals surface area contributed by atoms with E-state index in [0.29, 0.717) is 0 Å². The van der Waals surface area contributed by atoms with Gasteiger partial charge in [-0.25, -0.2) is 4.57 Å². The molecule has 0 unspecified atom stereocenters. The fraction of sp³-hybridized carbons (Fsp3) is 0.261. The fourth-order valence-corrected chi connectivity index (χ4v) is 5.45. The second kappa shape index (κ2) is 5.88. The fourth-order valence-electron chi connectivity index (χ4n) is 5.45. The molecule has 0 aliphatic carbocycles. The number of benzene rings is 2. The van der Waals surface area contributed by atoms with Gasteiger partial charge in [-0.15, -0.1) is 0 Å². The highest BCUT2D eigenvalue weighted by Crippen LogP contribution is 2.37. The number of imidazole rings is 1. The minimum Gasteiger partial charge on any atom is -0.472 e. The number of aromatic nitrogens is 3. The number of nitrogens with zero attached hydrogens (tertiary/aromatic N) is 3. The molecule has 0 fully saturated rings. The highest BCUT2D eigenvalue weighted by atomic mass is 15.3. The van der Waals surface area contributed by atoms with E-state index in [2.05, 4.69) is 101 Å². The molecule has 0 saturated heterocycles. The Labute approximate surface area is 160 Å². The SMILES string of the molecule is CC[B-]1(CC)c2n(cc[n+]2Cc2ccccc2)-c2c(C)c3ccccc3n21.